The maximum absolute atomic E-state index is 12.3. The number of aliphatic hydroxyl groups excluding tert-OH is 1. The van der Waals surface area contributed by atoms with E-state index in [0.717, 1.165) is 4.90 Å². The third-order valence-electron chi connectivity index (χ3n) is 2.26. The van der Waals surface area contributed by atoms with Crippen molar-refractivity contribution < 1.29 is 18.7 Å². The van der Waals surface area contributed by atoms with Crippen LogP contribution in [0.3, 0.4) is 0 Å². The normalized spacial score (nSPS) is 10.7. The molecule has 1 aromatic carbocycles. The molecule has 3 N–H and O–H groups in total. The van der Waals surface area contributed by atoms with Crippen LogP contribution in [-0.4, -0.2) is 42.0 Å². The third-order valence-corrected chi connectivity index (χ3v) is 2.75. The Morgan fingerprint density at radius 3 is 2.67 bits per heavy atom. The molecule has 0 saturated carbocycles. The number of benzene rings is 1. The predicted octanol–water partition coefficient (Wildman–Crippen LogP) is 1.73. The Morgan fingerprint density at radius 2 is 2.17 bits per heavy atom. The van der Waals surface area contributed by atoms with Gasteiger partial charge in [-0.2, -0.15) is 0 Å². The fourth-order valence-electron chi connectivity index (χ4n) is 1.46. The minimum absolute atomic E-state index is 0.146. The van der Waals surface area contributed by atoms with E-state index in [4.69, 9.17) is 10.8 Å². The smallest absolute Gasteiger partial charge is 0.256 e. The van der Waals surface area contributed by atoms with Crippen LogP contribution < -0.4 is 5.73 Å². The Hall–Kier alpha value is -1.21. The van der Waals surface area contributed by atoms with E-state index < -0.39 is 18.9 Å². The molecule has 1 rings (SSSR count). The summed E-state index contributed by atoms with van der Waals surface area (Å²) in [4.78, 5) is 12.9. The molecule has 7 heteroatoms. The van der Waals surface area contributed by atoms with Crippen LogP contribution in [-0.2, 0) is 0 Å². The highest BCUT2D eigenvalue weighted by Gasteiger charge is 2.21. The number of rotatable bonds is 5. The van der Waals surface area contributed by atoms with Gasteiger partial charge in [-0.15, -0.1) is 0 Å². The predicted molar refractivity (Wildman–Crippen MR) is 67.5 cm³/mol. The first-order valence-electron chi connectivity index (χ1n) is 5.19. The second kappa shape index (κ2) is 6.65. The number of anilines is 1. The van der Waals surface area contributed by atoms with Crippen molar-refractivity contribution in [2.24, 2.45) is 0 Å². The number of carbonyl (C=O) groups excluding carboxylic acids is 1. The SMILES string of the molecule is Nc1cc(Br)ccc1C(=O)N(CCO)CC(F)F. The Bertz CT molecular complexity index is 430. The van der Waals surface area contributed by atoms with Gasteiger partial charge in [-0.1, -0.05) is 15.9 Å². The van der Waals surface area contributed by atoms with E-state index in [1.165, 1.54) is 12.1 Å². The molecule has 0 radical (unpaired) electrons. The number of amides is 1. The maximum Gasteiger partial charge on any atom is 0.256 e. The summed E-state index contributed by atoms with van der Waals surface area (Å²) in [6, 6.07) is 4.58. The fraction of sp³-hybridized carbons (Fsp3) is 0.364. The van der Waals surface area contributed by atoms with Crippen molar-refractivity contribution in [3.05, 3.63) is 28.2 Å². The second-order valence-corrected chi connectivity index (χ2v) is 4.51. The lowest BCUT2D eigenvalue weighted by molar-refractivity contribution is 0.0510. The summed E-state index contributed by atoms with van der Waals surface area (Å²) in [5.74, 6) is -0.616. The summed E-state index contributed by atoms with van der Waals surface area (Å²) in [5.41, 5.74) is 6.01. The molecule has 0 unspecified atom stereocenters. The first-order valence-corrected chi connectivity index (χ1v) is 5.98. The number of carbonyl (C=O) groups is 1. The number of nitrogens with two attached hydrogens (primary N) is 1. The van der Waals surface area contributed by atoms with Crippen molar-refractivity contribution in [1.29, 1.82) is 0 Å². The third kappa shape index (κ3) is 3.92. The van der Waals surface area contributed by atoms with E-state index in [1.807, 2.05) is 0 Å². The molecule has 0 fully saturated rings. The summed E-state index contributed by atoms with van der Waals surface area (Å²) in [6.45, 7) is -1.26. The molecule has 0 aliphatic heterocycles. The van der Waals surface area contributed by atoms with Gasteiger partial charge in [0.05, 0.1) is 18.7 Å². The number of nitrogens with zero attached hydrogens (tertiary/aromatic N) is 1. The van der Waals surface area contributed by atoms with Crippen molar-refractivity contribution in [2.75, 3.05) is 25.4 Å². The van der Waals surface area contributed by atoms with Crippen LogP contribution in [0.1, 0.15) is 10.4 Å². The van der Waals surface area contributed by atoms with Crippen molar-refractivity contribution in [3.63, 3.8) is 0 Å². The highest BCUT2D eigenvalue weighted by Crippen LogP contribution is 2.20. The molecular formula is C11H13BrF2N2O2. The van der Waals surface area contributed by atoms with Gasteiger partial charge in [0.15, 0.2) is 0 Å². The first-order chi connectivity index (χ1) is 8.45. The minimum Gasteiger partial charge on any atom is -0.398 e. The zero-order valence-corrected chi connectivity index (χ0v) is 11.0. The number of halogens is 3. The highest BCUT2D eigenvalue weighted by atomic mass is 79.9. The van der Waals surface area contributed by atoms with Gasteiger partial charge >= 0.3 is 0 Å². The molecule has 0 aromatic heterocycles. The summed E-state index contributed by atoms with van der Waals surface area (Å²) >= 11 is 3.19. The van der Waals surface area contributed by atoms with Gasteiger partial charge in [-0.25, -0.2) is 8.78 Å². The van der Waals surface area contributed by atoms with Gasteiger partial charge in [-0.05, 0) is 18.2 Å². The monoisotopic (exact) mass is 322 g/mol. The van der Waals surface area contributed by atoms with E-state index in [1.54, 1.807) is 6.07 Å². The summed E-state index contributed by atoms with van der Waals surface area (Å²) in [7, 11) is 0. The molecule has 100 valence electrons. The Morgan fingerprint density at radius 1 is 1.50 bits per heavy atom. The Kier molecular flexibility index (Phi) is 5.49. The quantitative estimate of drug-likeness (QED) is 0.811. The number of hydrogen-bond acceptors (Lipinski definition) is 3. The fourth-order valence-corrected chi connectivity index (χ4v) is 1.84. The summed E-state index contributed by atoms with van der Waals surface area (Å²) < 4.78 is 25.4. The van der Waals surface area contributed by atoms with Gasteiger partial charge < -0.3 is 15.7 Å². The van der Waals surface area contributed by atoms with Gasteiger partial charge in [0.1, 0.15) is 0 Å². The topological polar surface area (TPSA) is 66.6 Å². The van der Waals surface area contributed by atoms with Crippen molar-refractivity contribution in [2.45, 2.75) is 6.43 Å². The molecule has 0 aliphatic carbocycles. The van der Waals surface area contributed by atoms with Gasteiger partial charge in [0.25, 0.3) is 12.3 Å². The van der Waals surface area contributed by atoms with E-state index in [0.29, 0.717) is 4.47 Å². The van der Waals surface area contributed by atoms with Gasteiger partial charge in [0, 0.05) is 16.7 Å². The van der Waals surface area contributed by atoms with E-state index in [-0.39, 0.29) is 24.4 Å². The first kappa shape index (κ1) is 14.8. The molecular weight excluding hydrogens is 310 g/mol. The lowest BCUT2D eigenvalue weighted by Crippen LogP contribution is -2.37. The molecule has 1 aromatic rings. The van der Waals surface area contributed by atoms with Crippen LogP contribution in [0.4, 0.5) is 14.5 Å². The lowest BCUT2D eigenvalue weighted by Gasteiger charge is -2.22. The lowest BCUT2D eigenvalue weighted by atomic mass is 10.1. The molecule has 0 bridgehead atoms. The van der Waals surface area contributed by atoms with Crippen LogP contribution in [0.15, 0.2) is 22.7 Å². The number of alkyl halides is 2. The number of nitrogen functional groups attached to an aromatic ring is 1. The molecule has 0 saturated heterocycles. The minimum atomic E-state index is -2.66. The largest absolute Gasteiger partial charge is 0.398 e. The number of aliphatic hydroxyl groups is 1. The summed E-state index contributed by atoms with van der Waals surface area (Å²) in [6.07, 6.45) is -2.66. The van der Waals surface area contributed by atoms with E-state index in [2.05, 4.69) is 15.9 Å². The van der Waals surface area contributed by atoms with Gasteiger partial charge in [-0.3, -0.25) is 4.79 Å². The average Bonchev–Trinajstić information content (AvgIpc) is 2.27. The Balaban J connectivity index is 2.94. The highest BCUT2D eigenvalue weighted by molar-refractivity contribution is 9.10. The van der Waals surface area contributed by atoms with Crippen LogP contribution in [0.25, 0.3) is 0 Å². The molecule has 0 aliphatic rings. The zero-order valence-electron chi connectivity index (χ0n) is 9.44. The Labute approximate surface area is 112 Å². The summed E-state index contributed by atoms with van der Waals surface area (Å²) in [5, 5.41) is 8.78. The van der Waals surface area contributed by atoms with E-state index >= 15 is 0 Å². The molecule has 1 amide bonds. The van der Waals surface area contributed by atoms with Crippen molar-refractivity contribution in [1.82, 2.24) is 4.90 Å². The van der Waals surface area contributed by atoms with Crippen LogP contribution >= 0.6 is 15.9 Å². The molecule has 4 nitrogen and oxygen atoms in total. The van der Waals surface area contributed by atoms with Crippen LogP contribution in [0.5, 0.6) is 0 Å². The number of hydrogen-bond donors (Lipinski definition) is 2. The van der Waals surface area contributed by atoms with E-state index in [9.17, 15) is 13.6 Å². The second-order valence-electron chi connectivity index (χ2n) is 3.60. The molecule has 0 atom stereocenters. The molecule has 0 spiro atoms. The molecule has 0 heterocycles. The van der Waals surface area contributed by atoms with Gasteiger partial charge in [0.2, 0.25) is 0 Å². The van der Waals surface area contributed by atoms with Crippen molar-refractivity contribution in [3.8, 4) is 0 Å². The molecule has 18 heavy (non-hydrogen) atoms. The zero-order chi connectivity index (χ0) is 13.7. The van der Waals surface area contributed by atoms with Crippen LogP contribution in [0.2, 0.25) is 0 Å². The van der Waals surface area contributed by atoms with Crippen molar-refractivity contribution >= 4 is 27.5 Å². The maximum atomic E-state index is 12.3. The average molecular weight is 323 g/mol. The standard InChI is InChI=1S/C11H13BrF2N2O2/c12-7-1-2-8(9(15)5-7)11(18)16(3-4-17)6-10(13)14/h1-2,5,10,17H,3-4,6,15H2. The van der Waals surface area contributed by atoms with Crippen LogP contribution in [0, 0.1) is 0 Å².